The first-order valence-electron chi connectivity index (χ1n) is 5.10. The molecule has 0 spiro atoms. The molecular formula is C11H15BrN2S. The van der Waals surface area contributed by atoms with Gasteiger partial charge in [-0.3, -0.25) is 0 Å². The third-order valence-electron chi connectivity index (χ3n) is 2.26. The number of nitrogens with zero attached hydrogens (tertiary/aromatic N) is 1. The van der Waals surface area contributed by atoms with E-state index in [9.17, 15) is 0 Å². The highest BCUT2D eigenvalue weighted by Gasteiger charge is 2.04. The van der Waals surface area contributed by atoms with Crippen LogP contribution in [0.2, 0.25) is 0 Å². The Morgan fingerprint density at radius 3 is 2.93 bits per heavy atom. The Morgan fingerprint density at radius 2 is 2.40 bits per heavy atom. The Bertz CT molecular complexity index is 330. The summed E-state index contributed by atoms with van der Waals surface area (Å²) in [5, 5.41) is 12.0. The van der Waals surface area contributed by atoms with Gasteiger partial charge < -0.3 is 5.32 Å². The number of rotatable bonds is 6. The van der Waals surface area contributed by atoms with Crippen LogP contribution in [0.4, 0.5) is 0 Å². The van der Waals surface area contributed by atoms with Gasteiger partial charge in [-0.2, -0.15) is 5.26 Å². The van der Waals surface area contributed by atoms with Crippen LogP contribution < -0.4 is 5.32 Å². The molecular weight excluding hydrogens is 272 g/mol. The van der Waals surface area contributed by atoms with Gasteiger partial charge in [0, 0.05) is 17.5 Å². The maximum Gasteiger partial charge on any atom is 0.0701 e. The first-order valence-corrected chi connectivity index (χ1v) is 6.71. The Kier molecular flexibility index (Phi) is 5.92. The summed E-state index contributed by atoms with van der Waals surface area (Å²) >= 11 is 5.22. The van der Waals surface area contributed by atoms with Crippen molar-refractivity contribution in [3.8, 4) is 6.07 Å². The fourth-order valence-corrected chi connectivity index (χ4v) is 2.84. The molecule has 1 unspecified atom stereocenters. The molecule has 1 N–H and O–H groups in total. The second kappa shape index (κ2) is 7.00. The largest absolute Gasteiger partial charge is 0.313 e. The van der Waals surface area contributed by atoms with Crippen LogP contribution in [0.5, 0.6) is 0 Å². The van der Waals surface area contributed by atoms with E-state index in [1.165, 1.54) is 8.66 Å². The molecule has 15 heavy (non-hydrogen) atoms. The number of hydrogen-bond acceptors (Lipinski definition) is 3. The monoisotopic (exact) mass is 286 g/mol. The van der Waals surface area contributed by atoms with Crippen molar-refractivity contribution in [3.63, 3.8) is 0 Å². The summed E-state index contributed by atoms with van der Waals surface area (Å²) in [4.78, 5) is 1.38. The zero-order chi connectivity index (χ0) is 11.1. The van der Waals surface area contributed by atoms with Crippen molar-refractivity contribution < 1.29 is 0 Å². The lowest BCUT2D eigenvalue weighted by Gasteiger charge is -2.12. The van der Waals surface area contributed by atoms with Crippen LogP contribution >= 0.6 is 27.3 Å². The average molecular weight is 287 g/mol. The lowest BCUT2D eigenvalue weighted by Crippen LogP contribution is -2.29. The molecule has 1 rings (SSSR count). The van der Waals surface area contributed by atoms with Crippen LogP contribution in [0.3, 0.4) is 0 Å². The van der Waals surface area contributed by atoms with Crippen LogP contribution in [-0.2, 0) is 6.42 Å². The van der Waals surface area contributed by atoms with Gasteiger partial charge in [-0.15, -0.1) is 11.3 Å². The van der Waals surface area contributed by atoms with Crippen LogP contribution in [-0.4, -0.2) is 12.6 Å². The molecule has 0 bridgehead atoms. The molecule has 0 fully saturated rings. The summed E-state index contributed by atoms with van der Waals surface area (Å²) in [5.74, 6) is 0. The Hall–Kier alpha value is -0.370. The first kappa shape index (κ1) is 12.7. The van der Waals surface area contributed by atoms with E-state index in [4.69, 9.17) is 5.26 Å². The molecule has 0 amide bonds. The van der Waals surface area contributed by atoms with Crippen molar-refractivity contribution in [3.05, 3.63) is 20.8 Å². The van der Waals surface area contributed by atoms with E-state index < -0.39 is 0 Å². The topological polar surface area (TPSA) is 35.8 Å². The van der Waals surface area contributed by atoms with Gasteiger partial charge >= 0.3 is 0 Å². The highest BCUT2D eigenvalue weighted by molar-refractivity contribution is 9.11. The van der Waals surface area contributed by atoms with E-state index in [0.29, 0.717) is 12.5 Å². The van der Waals surface area contributed by atoms with Gasteiger partial charge in [-0.25, -0.2) is 0 Å². The minimum atomic E-state index is 0.346. The van der Waals surface area contributed by atoms with Gasteiger partial charge in [0.2, 0.25) is 0 Å². The van der Waals surface area contributed by atoms with E-state index in [2.05, 4.69) is 46.4 Å². The second-order valence-corrected chi connectivity index (χ2v) is 5.92. The van der Waals surface area contributed by atoms with E-state index in [0.717, 1.165) is 19.4 Å². The number of thiophene rings is 1. The van der Waals surface area contributed by atoms with Crippen LogP contribution in [0.25, 0.3) is 0 Å². The van der Waals surface area contributed by atoms with Gasteiger partial charge in [-0.05, 0) is 40.9 Å². The molecule has 2 nitrogen and oxygen atoms in total. The molecule has 0 aliphatic heterocycles. The first-order chi connectivity index (χ1) is 7.26. The fraction of sp³-hybridized carbons (Fsp3) is 0.545. The molecule has 0 aromatic carbocycles. The van der Waals surface area contributed by atoms with Crippen molar-refractivity contribution in [2.75, 3.05) is 6.54 Å². The lowest BCUT2D eigenvalue weighted by molar-refractivity contribution is 0.510. The van der Waals surface area contributed by atoms with Crippen LogP contribution in [0.15, 0.2) is 15.9 Å². The van der Waals surface area contributed by atoms with Crippen molar-refractivity contribution in [2.45, 2.75) is 32.2 Å². The van der Waals surface area contributed by atoms with Gasteiger partial charge in [0.05, 0.1) is 16.3 Å². The van der Waals surface area contributed by atoms with Gasteiger partial charge in [0.1, 0.15) is 0 Å². The summed E-state index contributed by atoms with van der Waals surface area (Å²) in [7, 11) is 0. The quantitative estimate of drug-likeness (QED) is 0.871. The van der Waals surface area contributed by atoms with E-state index >= 15 is 0 Å². The molecule has 1 atom stereocenters. The zero-order valence-corrected chi connectivity index (χ0v) is 11.2. The molecule has 1 aromatic rings. The Labute approximate surface area is 103 Å². The molecule has 0 radical (unpaired) electrons. The maximum absolute atomic E-state index is 8.59. The van der Waals surface area contributed by atoms with E-state index in [1.54, 1.807) is 11.3 Å². The van der Waals surface area contributed by atoms with Gasteiger partial charge in [0.15, 0.2) is 0 Å². The summed E-state index contributed by atoms with van der Waals surface area (Å²) in [6, 6.07) is 6.77. The van der Waals surface area contributed by atoms with E-state index in [-0.39, 0.29) is 0 Å². The third-order valence-corrected chi connectivity index (χ3v) is 3.95. The summed E-state index contributed by atoms with van der Waals surface area (Å²) in [5.41, 5.74) is 0. The summed E-state index contributed by atoms with van der Waals surface area (Å²) in [6.45, 7) is 3.06. The highest BCUT2D eigenvalue weighted by atomic mass is 79.9. The zero-order valence-electron chi connectivity index (χ0n) is 8.79. The molecule has 4 heteroatoms. The smallest absolute Gasteiger partial charge is 0.0701 e. The van der Waals surface area contributed by atoms with Crippen molar-refractivity contribution in [1.29, 1.82) is 5.26 Å². The highest BCUT2D eigenvalue weighted by Crippen LogP contribution is 2.22. The fourth-order valence-electron chi connectivity index (χ4n) is 1.36. The number of halogens is 1. The second-order valence-electron chi connectivity index (χ2n) is 3.38. The number of nitrogens with one attached hydrogen (secondary N) is 1. The summed E-state index contributed by atoms with van der Waals surface area (Å²) in [6.07, 6.45) is 2.66. The minimum Gasteiger partial charge on any atom is -0.313 e. The molecule has 0 saturated carbocycles. The van der Waals surface area contributed by atoms with Gasteiger partial charge in [-0.1, -0.05) is 6.92 Å². The molecule has 0 saturated heterocycles. The number of hydrogen-bond donors (Lipinski definition) is 1. The normalized spacial score (nSPS) is 12.3. The molecule has 82 valence electrons. The standard InChI is InChI=1S/C11H15BrN2S/c1-2-9(5-7-13)14-8-6-10-3-4-11(12)15-10/h3-4,9,14H,2,5-6,8H2,1H3. The van der Waals surface area contributed by atoms with Crippen molar-refractivity contribution in [2.24, 2.45) is 0 Å². The molecule has 1 aromatic heterocycles. The van der Waals surface area contributed by atoms with Crippen LogP contribution in [0, 0.1) is 11.3 Å². The Balaban J connectivity index is 2.23. The maximum atomic E-state index is 8.59. The Morgan fingerprint density at radius 1 is 1.60 bits per heavy atom. The van der Waals surface area contributed by atoms with Gasteiger partial charge in [0.25, 0.3) is 0 Å². The summed E-state index contributed by atoms with van der Waals surface area (Å²) < 4.78 is 1.18. The number of nitriles is 1. The third kappa shape index (κ3) is 4.78. The molecule has 1 heterocycles. The van der Waals surface area contributed by atoms with E-state index in [1.807, 2.05) is 0 Å². The minimum absolute atomic E-state index is 0.346. The predicted octanol–water partition coefficient (Wildman–Crippen LogP) is 3.33. The van der Waals surface area contributed by atoms with Crippen molar-refractivity contribution >= 4 is 27.3 Å². The van der Waals surface area contributed by atoms with Crippen molar-refractivity contribution in [1.82, 2.24) is 5.32 Å². The molecule has 0 aliphatic rings. The predicted molar refractivity (Wildman–Crippen MR) is 68.0 cm³/mol. The van der Waals surface area contributed by atoms with Crippen LogP contribution in [0.1, 0.15) is 24.6 Å². The molecule has 0 aliphatic carbocycles. The lowest BCUT2D eigenvalue weighted by atomic mass is 10.1. The average Bonchev–Trinajstić information content (AvgIpc) is 2.63. The SMILES string of the molecule is CCC(CC#N)NCCc1ccc(Br)s1.